The number of benzene rings is 1. The first-order valence-electron chi connectivity index (χ1n) is 8.67. The van der Waals surface area contributed by atoms with Crippen LogP contribution in [0.1, 0.15) is 11.3 Å². The van der Waals surface area contributed by atoms with Gasteiger partial charge in [-0.1, -0.05) is 24.3 Å². The number of pyridine rings is 1. The molecule has 1 N–H and O–H groups in total. The first-order valence-corrected chi connectivity index (χ1v) is 9.46. The summed E-state index contributed by atoms with van der Waals surface area (Å²) in [5, 5.41) is 4.05. The van der Waals surface area contributed by atoms with E-state index in [2.05, 4.69) is 26.2 Å². The highest BCUT2D eigenvalue weighted by atomic mass is 79.9. The van der Waals surface area contributed by atoms with Gasteiger partial charge in [0.1, 0.15) is 13.2 Å². The zero-order chi connectivity index (χ0) is 19.2. The number of rotatable bonds is 8. The van der Waals surface area contributed by atoms with Crippen LogP contribution in [0.3, 0.4) is 0 Å². The lowest BCUT2D eigenvalue weighted by Crippen LogP contribution is -2.27. The fourth-order valence-corrected chi connectivity index (χ4v) is 3.45. The summed E-state index contributed by atoms with van der Waals surface area (Å²) in [5.74, 6) is 0.443. The van der Waals surface area contributed by atoms with Crippen molar-refractivity contribution < 1.29 is 14.3 Å². The molecule has 0 bridgehead atoms. The average Bonchev–Trinajstić information content (AvgIpc) is 2.93. The van der Waals surface area contributed by atoms with E-state index in [4.69, 9.17) is 9.47 Å². The maximum atomic E-state index is 12.5. The van der Waals surface area contributed by atoms with Gasteiger partial charge in [0.2, 0.25) is 11.8 Å². The number of hydrogen-bond donors (Lipinski definition) is 1. The maximum Gasteiger partial charge on any atom is 0.240 e. The predicted octanol–water partition coefficient (Wildman–Crippen LogP) is 3.45. The lowest BCUT2D eigenvalue weighted by Gasteiger charge is -2.12. The van der Waals surface area contributed by atoms with Gasteiger partial charge in [0.05, 0.1) is 6.61 Å². The zero-order valence-electron chi connectivity index (χ0n) is 15.4. The molecule has 142 valence electrons. The van der Waals surface area contributed by atoms with Crippen LogP contribution in [0.15, 0.2) is 47.1 Å². The van der Waals surface area contributed by atoms with E-state index >= 15 is 0 Å². The third-order valence-electron chi connectivity index (χ3n) is 4.31. The van der Waals surface area contributed by atoms with E-state index in [1.165, 1.54) is 0 Å². The predicted molar refractivity (Wildman–Crippen MR) is 108 cm³/mol. The lowest BCUT2D eigenvalue weighted by molar-refractivity contribution is -0.121. The number of ether oxygens (including phenoxy) is 2. The molecule has 27 heavy (non-hydrogen) atoms. The van der Waals surface area contributed by atoms with Crippen LogP contribution in [0, 0.1) is 6.92 Å². The summed E-state index contributed by atoms with van der Waals surface area (Å²) in [5.41, 5.74) is 2.88. The molecule has 0 atom stereocenters. The molecule has 0 aliphatic rings. The number of methoxy groups -OCH3 is 1. The number of para-hydroxylation sites is 1. The molecule has 1 aromatic carbocycles. The zero-order valence-corrected chi connectivity index (χ0v) is 17.0. The second-order valence-corrected chi connectivity index (χ2v) is 6.88. The SMILES string of the molecule is COCCOc1ncccc1CNC(=O)Cn1c(C)c(Br)c2ccccc21. The quantitative estimate of drug-likeness (QED) is 0.554. The first-order chi connectivity index (χ1) is 13.1. The molecule has 0 aliphatic heterocycles. The number of carbonyl (C=O) groups excluding carboxylic acids is 1. The van der Waals surface area contributed by atoms with Crippen LogP contribution < -0.4 is 10.1 Å². The fourth-order valence-electron chi connectivity index (χ4n) is 2.90. The molecular formula is C20H22BrN3O3. The molecule has 0 radical (unpaired) electrons. The Balaban J connectivity index is 1.67. The molecule has 0 saturated heterocycles. The topological polar surface area (TPSA) is 65.4 Å². The number of aromatic nitrogens is 2. The molecule has 3 rings (SSSR count). The van der Waals surface area contributed by atoms with E-state index in [-0.39, 0.29) is 12.5 Å². The lowest BCUT2D eigenvalue weighted by atomic mass is 10.2. The van der Waals surface area contributed by atoms with Crippen LogP contribution in [-0.2, 0) is 22.6 Å². The van der Waals surface area contributed by atoms with Crippen molar-refractivity contribution in [2.24, 2.45) is 0 Å². The van der Waals surface area contributed by atoms with Crippen LogP contribution >= 0.6 is 15.9 Å². The Bertz CT molecular complexity index is 939. The van der Waals surface area contributed by atoms with Gasteiger partial charge >= 0.3 is 0 Å². The van der Waals surface area contributed by atoms with Gasteiger partial charge in [0.15, 0.2) is 0 Å². The van der Waals surface area contributed by atoms with Crippen LogP contribution in [-0.4, -0.2) is 35.8 Å². The van der Waals surface area contributed by atoms with Gasteiger partial charge in [-0.05, 0) is 35.0 Å². The summed E-state index contributed by atoms with van der Waals surface area (Å²) < 4.78 is 13.6. The van der Waals surface area contributed by atoms with Crippen molar-refractivity contribution in [3.05, 3.63) is 58.3 Å². The summed E-state index contributed by atoms with van der Waals surface area (Å²) in [6.07, 6.45) is 1.67. The number of hydrogen-bond acceptors (Lipinski definition) is 4. The van der Waals surface area contributed by atoms with Gasteiger partial charge in [0, 0.05) is 46.5 Å². The van der Waals surface area contributed by atoms with Crippen LogP contribution in [0.25, 0.3) is 10.9 Å². The van der Waals surface area contributed by atoms with E-state index in [0.717, 1.165) is 26.6 Å². The normalized spacial score (nSPS) is 10.9. The number of halogens is 1. The van der Waals surface area contributed by atoms with Crippen molar-refractivity contribution in [2.75, 3.05) is 20.3 Å². The molecule has 0 fully saturated rings. The summed E-state index contributed by atoms with van der Waals surface area (Å²) in [4.78, 5) is 16.8. The Hall–Kier alpha value is -2.38. The number of amides is 1. The molecule has 2 heterocycles. The molecule has 0 aliphatic carbocycles. The summed E-state index contributed by atoms with van der Waals surface area (Å²) >= 11 is 3.62. The first kappa shape index (κ1) is 19.4. The van der Waals surface area contributed by atoms with Crippen LogP contribution in [0.2, 0.25) is 0 Å². The largest absolute Gasteiger partial charge is 0.475 e. The Morgan fingerprint density at radius 3 is 2.85 bits per heavy atom. The van der Waals surface area contributed by atoms with E-state index < -0.39 is 0 Å². The molecule has 1 amide bonds. The van der Waals surface area contributed by atoms with Gasteiger partial charge in [-0.2, -0.15) is 0 Å². The van der Waals surface area contributed by atoms with Gasteiger partial charge in [0.25, 0.3) is 0 Å². The van der Waals surface area contributed by atoms with Crippen molar-refractivity contribution in [1.29, 1.82) is 0 Å². The Kier molecular flexibility index (Phi) is 6.47. The van der Waals surface area contributed by atoms with Crippen molar-refractivity contribution in [3.8, 4) is 5.88 Å². The van der Waals surface area contributed by atoms with Crippen LogP contribution in [0.4, 0.5) is 0 Å². The summed E-state index contributed by atoms with van der Waals surface area (Å²) in [6, 6.07) is 11.7. The molecule has 2 aromatic heterocycles. The summed E-state index contributed by atoms with van der Waals surface area (Å²) in [7, 11) is 1.62. The van der Waals surface area contributed by atoms with Crippen molar-refractivity contribution >= 4 is 32.7 Å². The highest BCUT2D eigenvalue weighted by Gasteiger charge is 2.14. The maximum absolute atomic E-state index is 12.5. The van der Waals surface area contributed by atoms with Crippen LogP contribution in [0.5, 0.6) is 5.88 Å². The fraction of sp³-hybridized carbons (Fsp3) is 0.300. The number of nitrogens with zero attached hydrogens (tertiary/aromatic N) is 2. The third kappa shape index (κ3) is 4.48. The average molecular weight is 432 g/mol. The standard InChI is InChI=1S/C20H22BrN3O3/c1-14-19(21)16-7-3-4-8-17(16)24(14)13-18(25)23-12-15-6-5-9-22-20(15)27-11-10-26-2/h3-9H,10-13H2,1-2H3,(H,23,25). The minimum absolute atomic E-state index is 0.0713. The molecule has 3 aromatic rings. The van der Waals surface area contributed by atoms with Gasteiger partial charge in [-0.3, -0.25) is 4.79 Å². The third-order valence-corrected chi connectivity index (χ3v) is 5.31. The molecule has 6 nitrogen and oxygen atoms in total. The monoisotopic (exact) mass is 431 g/mol. The number of carbonyl (C=O) groups is 1. The van der Waals surface area contributed by atoms with Crippen molar-refractivity contribution in [1.82, 2.24) is 14.9 Å². The van der Waals surface area contributed by atoms with E-state index in [0.29, 0.717) is 25.6 Å². The van der Waals surface area contributed by atoms with E-state index in [1.807, 2.05) is 47.9 Å². The van der Waals surface area contributed by atoms with Gasteiger partial charge in [-0.15, -0.1) is 0 Å². The molecule has 0 saturated carbocycles. The van der Waals surface area contributed by atoms with Gasteiger partial charge in [-0.25, -0.2) is 4.98 Å². The highest BCUT2D eigenvalue weighted by molar-refractivity contribution is 9.10. The molecular weight excluding hydrogens is 410 g/mol. The minimum atomic E-state index is -0.0713. The Morgan fingerprint density at radius 2 is 2.04 bits per heavy atom. The Morgan fingerprint density at radius 1 is 1.22 bits per heavy atom. The molecule has 0 unspecified atom stereocenters. The number of fused-ring (bicyclic) bond motifs is 1. The summed E-state index contributed by atoms with van der Waals surface area (Å²) in [6.45, 7) is 3.50. The number of nitrogens with one attached hydrogen (secondary N) is 1. The van der Waals surface area contributed by atoms with Crippen molar-refractivity contribution in [3.63, 3.8) is 0 Å². The van der Waals surface area contributed by atoms with E-state index in [9.17, 15) is 4.79 Å². The smallest absolute Gasteiger partial charge is 0.240 e. The highest BCUT2D eigenvalue weighted by Crippen LogP contribution is 2.30. The Labute approximate surface area is 166 Å². The molecule has 7 heteroatoms. The van der Waals surface area contributed by atoms with E-state index in [1.54, 1.807) is 13.3 Å². The van der Waals surface area contributed by atoms with Crippen molar-refractivity contribution in [2.45, 2.75) is 20.0 Å². The van der Waals surface area contributed by atoms with Gasteiger partial charge < -0.3 is 19.4 Å². The second kappa shape index (κ2) is 9.01. The minimum Gasteiger partial charge on any atom is -0.475 e. The molecule has 0 spiro atoms. The second-order valence-electron chi connectivity index (χ2n) is 6.09.